The van der Waals surface area contributed by atoms with E-state index in [0.29, 0.717) is 27.8 Å². The van der Waals surface area contributed by atoms with Crippen LogP contribution in [0.1, 0.15) is 20.8 Å². The van der Waals surface area contributed by atoms with E-state index < -0.39 is 0 Å². The van der Waals surface area contributed by atoms with Gasteiger partial charge in [0.15, 0.2) is 0 Å². The molecule has 0 aliphatic rings. The summed E-state index contributed by atoms with van der Waals surface area (Å²) in [5, 5.41) is 11.8. The Morgan fingerprint density at radius 3 is 2.92 bits per heavy atom. The van der Waals surface area contributed by atoms with Gasteiger partial charge in [-0.15, -0.1) is 11.3 Å². The van der Waals surface area contributed by atoms with Crippen molar-refractivity contribution in [3.05, 3.63) is 75.1 Å². The number of nitriles is 1. The van der Waals surface area contributed by atoms with Crippen molar-refractivity contribution < 1.29 is 9.53 Å². The molecule has 5 nitrogen and oxygen atoms in total. The highest BCUT2D eigenvalue weighted by Gasteiger charge is 2.14. The van der Waals surface area contributed by atoms with Gasteiger partial charge in [-0.25, -0.2) is 4.98 Å². The summed E-state index contributed by atoms with van der Waals surface area (Å²) in [5.41, 5.74) is 0.779. The molecule has 0 bridgehead atoms. The van der Waals surface area contributed by atoms with Crippen molar-refractivity contribution in [1.29, 1.82) is 5.26 Å². The van der Waals surface area contributed by atoms with Gasteiger partial charge in [-0.2, -0.15) is 5.26 Å². The van der Waals surface area contributed by atoms with E-state index in [0.717, 1.165) is 4.88 Å². The van der Waals surface area contributed by atoms with Crippen molar-refractivity contribution in [3.8, 4) is 17.7 Å². The summed E-state index contributed by atoms with van der Waals surface area (Å²) in [6.07, 6.45) is 1.54. The number of ether oxygens (including phenoxy) is 1. The molecule has 2 heterocycles. The first kappa shape index (κ1) is 17.0. The number of thiophene rings is 1. The maximum absolute atomic E-state index is 12.4. The Hall–Kier alpha value is -2.88. The molecule has 0 atom stereocenters. The first-order chi connectivity index (χ1) is 12.2. The molecule has 2 aromatic heterocycles. The normalized spacial score (nSPS) is 10.1. The summed E-state index contributed by atoms with van der Waals surface area (Å²) in [4.78, 5) is 17.5. The van der Waals surface area contributed by atoms with Crippen molar-refractivity contribution >= 4 is 28.8 Å². The number of nitrogens with one attached hydrogen (secondary N) is 1. The summed E-state index contributed by atoms with van der Waals surface area (Å²) in [6.45, 7) is 0.370. The molecule has 1 amide bonds. The number of nitrogens with zero attached hydrogens (tertiary/aromatic N) is 2. The Morgan fingerprint density at radius 2 is 2.16 bits per heavy atom. The number of halogens is 1. The second kappa shape index (κ2) is 7.79. The van der Waals surface area contributed by atoms with Crippen molar-refractivity contribution in [2.45, 2.75) is 6.54 Å². The third-order valence-electron chi connectivity index (χ3n) is 3.25. The van der Waals surface area contributed by atoms with Crippen LogP contribution in [0.5, 0.6) is 11.6 Å². The lowest BCUT2D eigenvalue weighted by molar-refractivity contribution is 0.0948. The molecule has 7 heteroatoms. The number of hydrogen-bond donors (Lipinski definition) is 1. The second-order valence-electron chi connectivity index (χ2n) is 4.99. The first-order valence-corrected chi connectivity index (χ1v) is 8.50. The van der Waals surface area contributed by atoms with Crippen molar-refractivity contribution in [1.82, 2.24) is 10.3 Å². The monoisotopic (exact) mass is 369 g/mol. The SMILES string of the molecule is N#Cc1cccc(Oc2ncccc2C(=O)NCc2ccc(Cl)s2)c1. The van der Waals surface area contributed by atoms with Gasteiger partial charge in [-0.05, 0) is 42.5 Å². The predicted octanol–water partition coefficient (Wildman–Crippen LogP) is 4.39. The molecule has 0 unspecified atom stereocenters. The molecule has 3 aromatic rings. The van der Waals surface area contributed by atoms with Crippen LogP contribution in [0, 0.1) is 11.3 Å². The van der Waals surface area contributed by atoms with Crippen LogP contribution in [0.25, 0.3) is 0 Å². The highest BCUT2D eigenvalue weighted by molar-refractivity contribution is 7.16. The molecular weight excluding hydrogens is 358 g/mol. The Morgan fingerprint density at radius 1 is 1.28 bits per heavy atom. The maximum atomic E-state index is 12.4. The highest BCUT2D eigenvalue weighted by atomic mass is 35.5. The molecule has 3 rings (SSSR count). The van der Waals surface area contributed by atoms with Crippen LogP contribution in [-0.2, 0) is 6.54 Å². The van der Waals surface area contributed by atoms with Crippen molar-refractivity contribution in [3.63, 3.8) is 0 Å². The number of aromatic nitrogens is 1. The highest BCUT2D eigenvalue weighted by Crippen LogP contribution is 2.24. The number of amides is 1. The standard InChI is InChI=1S/C18H12ClN3O2S/c19-16-7-6-14(25-16)11-22-17(23)15-5-2-8-21-18(15)24-13-4-1-3-12(9-13)10-20/h1-9H,11H2,(H,22,23). The topological polar surface area (TPSA) is 75.0 Å². The second-order valence-corrected chi connectivity index (χ2v) is 6.79. The van der Waals surface area contributed by atoms with E-state index in [1.54, 1.807) is 48.7 Å². The Balaban J connectivity index is 1.75. The minimum atomic E-state index is -0.302. The van der Waals surface area contributed by atoms with Crippen molar-refractivity contribution in [2.75, 3.05) is 0 Å². The summed E-state index contributed by atoms with van der Waals surface area (Å²) in [6, 6.07) is 15.6. The Bertz CT molecular complexity index is 949. The molecule has 0 saturated carbocycles. The van der Waals surface area contributed by atoms with Crippen molar-refractivity contribution in [2.24, 2.45) is 0 Å². The third-order valence-corrected chi connectivity index (χ3v) is 4.48. The van der Waals surface area contributed by atoms with E-state index >= 15 is 0 Å². The van der Waals surface area contributed by atoms with Crippen LogP contribution < -0.4 is 10.1 Å². The number of benzene rings is 1. The maximum Gasteiger partial charge on any atom is 0.257 e. The van der Waals surface area contributed by atoms with E-state index in [1.807, 2.05) is 12.1 Å². The molecule has 0 aliphatic carbocycles. The Kier molecular flexibility index (Phi) is 5.29. The van der Waals surface area contributed by atoms with Gasteiger partial charge in [-0.1, -0.05) is 17.7 Å². The van der Waals surface area contributed by atoms with Gasteiger partial charge >= 0.3 is 0 Å². The summed E-state index contributed by atoms with van der Waals surface area (Å²) in [7, 11) is 0. The third kappa shape index (κ3) is 4.35. The molecule has 0 spiro atoms. The fourth-order valence-electron chi connectivity index (χ4n) is 2.10. The number of hydrogen-bond acceptors (Lipinski definition) is 5. The van der Waals surface area contributed by atoms with Crippen LogP contribution in [0.3, 0.4) is 0 Å². The number of carbonyl (C=O) groups is 1. The van der Waals surface area contributed by atoms with Crippen LogP contribution >= 0.6 is 22.9 Å². The fourth-order valence-corrected chi connectivity index (χ4v) is 3.12. The molecule has 0 aliphatic heterocycles. The Labute approximate surface area is 153 Å². The largest absolute Gasteiger partial charge is 0.438 e. The zero-order valence-electron chi connectivity index (χ0n) is 12.9. The van der Waals surface area contributed by atoms with E-state index in [2.05, 4.69) is 10.3 Å². The van der Waals surface area contributed by atoms with Crippen LogP contribution in [0.2, 0.25) is 4.34 Å². The van der Waals surface area contributed by atoms with Crippen LogP contribution in [0.15, 0.2) is 54.7 Å². The summed E-state index contributed by atoms with van der Waals surface area (Å²) in [5.74, 6) is 0.320. The lowest BCUT2D eigenvalue weighted by atomic mass is 10.2. The molecule has 25 heavy (non-hydrogen) atoms. The van der Waals surface area contributed by atoms with Gasteiger partial charge in [-0.3, -0.25) is 4.79 Å². The van der Waals surface area contributed by atoms with Gasteiger partial charge in [0.1, 0.15) is 11.3 Å². The van der Waals surface area contributed by atoms with E-state index in [4.69, 9.17) is 21.6 Å². The molecule has 124 valence electrons. The lowest BCUT2D eigenvalue weighted by Crippen LogP contribution is -2.23. The summed E-state index contributed by atoms with van der Waals surface area (Å²) >= 11 is 7.29. The molecular formula is C18H12ClN3O2S. The van der Waals surface area contributed by atoms with Crippen LogP contribution in [-0.4, -0.2) is 10.9 Å². The van der Waals surface area contributed by atoms with Crippen LogP contribution in [0.4, 0.5) is 0 Å². The lowest BCUT2D eigenvalue weighted by Gasteiger charge is -2.10. The average Bonchev–Trinajstić information content (AvgIpc) is 3.05. The van der Waals surface area contributed by atoms with Gasteiger partial charge in [0.2, 0.25) is 5.88 Å². The zero-order valence-corrected chi connectivity index (χ0v) is 14.5. The fraction of sp³-hybridized carbons (Fsp3) is 0.0556. The molecule has 1 aromatic carbocycles. The predicted molar refractivity (Wildman–Crippen MR) is 96.0 cm³/mol. The molecule has 0 saturated heterocycles. The molecule has 0 fully saturated rings. The van der Waals surface area contributed by atoms with Gasteiger partial charge < -0.3 is 10.1 Å². The van der Waals surface area contributed by atoms with E-state index in [-0.39, 0.29) is 11.8 Å². The number of carbonyl (C=O) groups excluding carboxylic acids is 1. The first-order valence-electron chi connectivity index (χ1n) is 7.31. The number of rotatable bonds is 5. The average molecular weight is 370 g/mol. The zero-order chi connectivity index (χ0) is 17.6. The molecule has 0 radical (unpaired) electrons. The minimum Gasteiger partial charge on any atom is -0.438 e. The smallest absolute Gasteiger partial charge is 0.257 e. The minimum absolute atomic E-state index is 0.180. The summed E-state index contributed by atoms with van der Waals surface area (Å²) < 4.78 is 6.36. The van der Waals surface area contributed by atoms with E-state index in [9.17, 15) is 4.79 Å². The number of pyridine rings is 1. The molecule has 1 N–H and O–H groups in total. The van der Waals surface area contributed by atoms with Gasteiger partial charge in [0, 0.05) is 11.1 Å². The van der Waals surface area contributed by atoms with E-state index in [1.165, 1.54) is 11.3 Å². The van der Waals surface area contributed by atoms with Gasteiger partial charge in [0.25, 0.3) is 5.91 Å². The van der Waals surface area contributed by atoms with Gasteiger partial charge in [0.05, 0.1) is 22.5 Å². The quantitative estimate of drug-likeness (QED) is 0.723.